The Morgan fingerprint density at radius 3 is 2.82 bits per heavy atom. The Balaban J connectivity index is 1.84. The van der Waals surface area contributed by atoms with Gasteiger partial charge in [-0.15, -0.1) is 0 Å². The van der Waals surface area contributed by atoms with Crippen LogP contribution in [-0.4, -0.2) is 54.9 Å². The summed E-state index contributed by atoms with van der Waals surface area (Å²) in [5.41, 5.74) is 1.51. The normalized spacial score (nSPS) is 24.0. The van der Waals surface area contributed by atoms with Crippen molar-refractivity contribution in [3.63, 3.8) is 0 Å². The third-order valence-electron chi connectivity index (χ3n) is 5.24. The Labute approximate surface area is 161 Å². The van der Waals surface area contributed by atoms with Gasteiger partial charge in [-0.25, -0.2) is 14.0 Å². The van der Waals surface area contributed by atoms with Crippen LogP contribution in [0.25, 0.3) is 6.08 Å². The third kappa shape index (κ3) is 3.03. The Hall–Kier alpha value is -2.87. The van der Waals surface area contributed by atoms with Gasteiger partial charge < -0.3 is 14.2 Å². The summed E-state index contributed by atoms with van der Waals surface area (Å²) in [4.78, 5) is 28.2. The number of halogens is 1. The molecule has 8 heteroatoms. The molecule has 0 spiro atoms. The van der Waals surface area contributed by atoms with Crippen LogP contribution in [0.5, 0.6) is 5.75 Å². The Bertz CT molecular complexity index is 875. The second-order valence-corrected chi connectivity index (χ2v) is 6.84. The van der Waals surface area contributed by atoms with Gasteiger partial charge in [0.2, 0.25) is 0 Å². The molecule has 0 saturated carbocycles. The van der Waals surface area contributed by atoms with Gasteiger partial charge in [-0.1, -0.05) is 6.07 Å². The highest BCUT2D eigenvalue weighted by Crippen LogP contribution is 2.37. The number of methoxy groups -OCH3 is 2. The SMILES string of the molecule is COC(=O)C1Cc2ccc(OC)cc2C=C2C(F)=CN(C3CCCO3)C(=O)N21. The number of rotatable bonds is 3. The number of nitrogens with zero attached hydrogens (tertiary/aromatic N) is 2. The quantitative estimate of drug-likeness (QED) is 0.745. The molecule has 2 amide bonds. The summed E-state index contributed by atoms with van der Waals surface area (Å²) in [6, 6.07) is 3.84. The molecule has 7 nitrogen and oxygen atoms in total. The molecule has 3 aliphatic heterocycles. The van der Waals surface area contributed by atoms with Crippen LogP contribution in [0, 0.1) is 0 Å². The minimum Gasteiger partial charge on any atom is -0.497 e. The van der Waals surface area contributed by atoms with Crippen LogP contribution in [0.3, 0.4) is 0 Å². The van der Waals surface area contributed by atoms with Crippen molar-refractivity contribution in [3.8, 4) is 5.75 Å². The monoisotopic (exact) mass is 388 g/mol. The maximum absolute atomic E-state index is 15.1. The molecule has 1 fully saturated rings. The van der Waals surface area contributed by atoms with Crippen LogP contribution in [-0.2, 0) is 20.7 Å². The fourth-order valence-corrected chi connectivity index (χ4v) is 3.80. The second kappa shape index (κ2) is 7.27. The van der Waals surface area contributed by atoms with E-state index < -0.39 is 30.1 Å². The molecule has 148 valence electrons. The van der Waals surface area contributed by atoms with E-state index in [1.807, 2.05) is 6.07 Å². The molecule has 3 aliphatic rings. The Morgan fingerprint density at radius 2 is 2.14 bits per heavy atom. The maximum atomic E-state index is 15.1. The molecular weight excluding hydrogens is 367 g/mol. The van der Waals surface area contributed by atoms with Crippen LogP contribution in [0.1, 0.15) is 24.0 Å². The first-order chi connectivity index (χ1) is 13.5. The summed E-state index contributed by atoms with van der Waals surface area (Å²) >= 11 is 0. The fraction of sp³-hybridized carbons (Fsp3) is 0.400. The zero-order valence-electron chi connectivity index (χ0n) is 15.7. The van der Waals surface area contributed by atoms with E-state index in [0.717, 1.165) is 18.2 Å². The molecule has 0 bridgehead atoms. The first-order valence-corrected chi connectivity index (χ1v) is 9.10. The van der Waals surface area contributed by atoms with Gasteiger partial charge >= 0.3 is 12.0 Å². The highest BCUT2D eigenvalue weighted by Gasteiger charge is 2.44. The maximum Gasteiger partial charge on any atom is 0.331 e. The second-order valence-electron chi connectivity index (χ2n) is 6.84. The number of esters is 1. The van der Waals surface area contributed by atoms with Gasteiger partial charge in [0.15, 0.2) is 5.83 Å². The van der Waals surface area contributed by atoms with Gasteiger partial charge in [0, 0.05) is 19.2 Å². The lowest BCUT2D eigenvalue weighted by molar-refractivity contribution is -0.145. The molecule has 3 heterocycles. The van der Waals surface area contributed by atoms with Crippen molar-refractivity contribution >= 4 is 18.1 Å². The number of hydrogen-bond acceptors (Lipinski definition) is 5. The summed E-state index contributed by atoms with van der Waals surface area (Å²) in [7, 11) is 2.79. The van der Waals surface area contributed by atoms with Crippen molar-refractivity contribution < 1.29 is 28.2 Å². The number of ether oxygens (including phenoxy) is 3. The average molecular weight is 388 g/mol. The highest BCUT2D eigenvalue weighted by atomic mass is 19.1. The first kappa shape index (κ1) is 18.5. The number of hydrogen-bond donors (Lipinski definition) is 0. The van der Waals surface area contributed by atoms with Crippen LogP contribution >= 0.6 is 0 Å². The van der Waals surface area contributed by atoms with Crippen LogP contribution in [0.4, 0.5) is 9.18 Å². The minimum absolute atomic E-state index is 0.0293. The zero-order chi connectivity index (χ0) is 19.8. The molecule has 2 atom stereocenters. The lowest BCUT2D eigenvalue weighted by Gasteiger charge is -2.38. The Morgan fingerprint density at radius 1 is 1.32 bits per heavy atom. The molecule has 28 heavy (non-hydrogen) atoms. The topological polar surface area (TPSA) is 68.3 Å². The Kier molecular flexibility index (Phi) is 4.80. The highest BCUT2D eigenvalue weighted by molar-refractivity contribution is 5.90. The van der Waals surface area contributed by atoms with E-state index in [4.69, 9.17) is 14.2 Å². The van der Waals surface area contributed by atoms with Gasteiger partial charge in [0.1, 0.15) is 18.0 Å². The van der Waals surface area contributed by atoms with Crippen LogP contribution < -0.4 is 4.74 Å². The van der Waals surface area contributed by atoms with E-state index >= 15 is 4.39 Å². The van der Waals surface area contributed by atoms with E-state index in [-0.39, 0.29) is 12.1 Å². The lowest BCUT2D eigenvalue weighted by atomic mass is 10.0. The number of benzene rings is 1. The van der Waals surface area contributed by atoms with Crippen LogP contribution in [0.15, 0.2) is 35.9 Å². The van der Waals surface area contributed by atoms with E-state index in [1.54, 1.807) is 25.3 Å². The predicted molar refractivity (Wildman–Crippen MR) is 97.7 cm³/mol. The molecule has 0 N–H and O–H groups in total. The number of allylic oxidation sites excluding steroid dienone is 1. The number of carbonyl (C=O) groups excluding carboxylic acids is 2. The summed E-state index contributed by atoms with van der Waals surface area (Å²) in [6.07, 6.45) is 3.78. The van der Waals surface area contributed by atoms with Gasteiger partial charge in [0.25, 0.3) is 0 Å². The number of fused-ring (bicyclic) bond motifs is 2. The molecule has 1 aromatic carbocycles. The van der Waals surface area contributed by atoms with Crippen molar-refractivity contribution in [2.45, 2.75) is 31.5 Å². The van der Waals surface area contributed by atoms with Crippen molar-refractivity contribution in [2.24, 2.45) is 0 Å². The van der Waals surface area contributed by atoms with E-state index in [1.165, 1.54) is 16.9 Å². The largest absolute Gasteiger partial charge is 0.497 e. The lowest BCUT2D eigenvalue weighted by Crippen LogP contribution is -2.54. The number of carbonyl (C=O) groups is 2. The minimum atomic E-state index is -0.984. The molecule has 0 aliphatic carbocycles. The van der Waals surface area contributed by atoms with Gasteiger partial charge in [-0.2, -0.15) is 0 Å². The average Bonchev–Trinajstić information content (AvgIpc) is 3.17. The van der Waals surface area contributed by atoms with Crippen LogP contribution in [0.2, 0.25) is 0 Å². The number of amides is 2. The van der Waals surface area contributed by atoms with E-state index in [9.17, 15) is 9.59 Å². The third-order valence-corrected chi connectivity index (χ3v) is 5.24. The van der Waals surface area contributed by atoms with E-state index in [0.29, 0.717) is 24.3 Å². The first-order valence-electron chi connectivity index (χ1n) is 9.10. The summed E-state index contributed by atoms with van der Waals surface area (Å²) in [5, 5.41) is 0. The smallest absolute Gasteiger partial charge is 0.331 e. The van der Waals surface area contributed by atoms with Crippen molar-refractivity contribution in [3.05, 3.63) is 47.0 Å². The zero-order valence-corrected chi connectivity index (χ0v) is 15.7. The molecule has 0 radical (unpaired) electrons. The van der Waals surface area contributed by atoms with Gasteiger partial charge in [-0.05, 0) is 42.2 Å². The molecule has 1 aromatic rings. The van der Waals surface area contributed by atoms with Crippen molar-refractivity contribution in [2.75, 3.05) is 20.8 Å². The predicted octanol–water partition coefficient (Wildman–Crippen LogP) is 2.82. The molecule has 2 unspecified atom stereocenters. The van der Waals surface area contributed by atoms with E-state index in [2.05, 4.69) is 0 Å². The summed E-state index contributed by atoms with van der Waals surface area (Å²) in [6.45, 7) is 0.512. The van der Waals surface area contributed by atoms with Crippen molar-refractivity contribution in [1.82, 2.24) is 9.80 Å². The standard InChI is InChI=1S/C20H21FN2O5/c1-26-14-6-5-12-9-17(19(24)27-2)23-16(10-13(12)8-14)15(21)11-22(20(23)25)18-4-3-7-28-18/h5-6,8,10-11,17-18H,3-4,7,9H2,1-2H3. The molecule has 0 aromatic heterocycles. The van der Waals surface area contributed by atoms with Gasteiger partial charge in [-0.3, -0.25) is 9.80 Å². The molecular formula is C20H21FN2O5. The molecule has 1 saturated heterocycles. The fourth-order valence-electron chi connectivity index (χ4n) is 3.80. The summed E-state index contributed by atoms with van der Waals surface area (Å²) < 4.78 is 30.8. The number of urea groups is 1. The van der Waals surface area contributed by atoms with Gasteiger partial charge in [0.05, 0.1) is 19.9 Å². The van der Waals surface area contributed by atoms with Crippen molar-refractivity contribution in [1.29, 1.82) is 0 Å². The summed E-state index contributed by atoms with van der Waals surface area (Å²) in [5.74, 6) is -0.615. The molecule has 4 rings (SSSR count).